The highest BCUT2D eigenvalue weighted by atomic mass is 19.1. The van der Waals surface area contributed by atoms with E-state index in [0.717, 1.165) is 5.56 Å². The van der Waals surface area contributed by atoms with Crippen molar-refractivity contribution in [1.29, 1.82) is 0 Å². The number of rotatable bonds is 4. The molecule has 2 amide bonds. The number of anilines is 1. The maximum atomic E-state index is 15.0. The second kappa shape index (κ2) is 7.11. The molecule has 11 heteroatoms. The van der Waals surface area contributed by atoms with Crippen LogP contribution in [0.25, 0.3) is 22.6 Å². The molecule has 158 valence electrons. The van der Waals surface area contributed by atoms with Gasteiger partial charge in [0, 0.05) is 31.3 Å². The fourth-order valence-electron chi connectivity index (χ4n) is 4.06. The summed E-state index contributed by atoms with van der Waals surface area (Å²) in [5, 5.41) is 14.0. The van der Waals surface area contributed by atoms with Gasteiger partial charge in [0.05, 0.1) is 18.3 Å². The van der Waals surface area contributed by atoms with E-state index in [0.29, 0.717) is 34.8 Å². The molecule has 0 bridgehead atoms. The number of aryl methyl sites for hydroxylation is 1. The predicted octanol–water partition coefficient (Wildman–Crippen LogP) is 1.46. The van der Waals surface area contributed by atoms with Gasteiger partial charge in [-0.3, -0.25) is 14.7 Å². The number of fused-ring (bicyclic) bond motifs is 3. The van der Waals surface area contributed by atoms with E-state index in [1.165, 1.54) is 22.6 Å². The van der Waals surface area contributed by atoms with Gasteiger partial charge >= 0.3 is 6.09 Å². The lowest BCUT2D eigenvalue weighted by molar-refractivity contribution is -0.119. The molecular weight excluding hydrogens is 405 g/mol. The number of tetrazole rings is 1. The highest BCUT2D eigenvalue weighted by Gasteiger charge is 2.47. The number of hydrogen-bond donors (Lipinski definition) is 1. The number of nitrogens with zero attached hydrogens (tertiary/aromatic N) is 6. The van der Waals surface area contributed by atoms with Crippen LogP contribution in [0.3, 0.4) is 0 Å². The van der Waals surface area contributed by atoms with Crippen LogP contribution in [-0.2, 0) is 23.0 Å². The molecule has 0 aliphatic carbocycles. The highest BCUT2D eigenvalue weighted by Crippen LogP contribution is 2.41. The fourth-order valence-corrected chi connectivity index (χ4v) is 4.06. The first-order chi connectivity index (χ1) is 14.9. The van der Waals surface area contributed by atoms with E-state index in [9.17, 15) is 9.59 Å². The summed E-state index contributed by atoms with van der Waals surface area (Å²) < 4.78 is 21.9. The van der Waals surface area contributed by atoms with E-state index in [1.54, 1.807) is 31.4 Å². The zero-order chi connectivity index (χ0) is 21.7. The van der Waals surface area contributed by atoms with Crippen LogP contribution >= 0.6 is 0 Å². The van der Waals surface area contributed by atoms with Crippen LogP contribution < -0.4 is 10.2 Å². The standard InChI is InChI=1S/C20H18FN7O3/c1-10(29)22-9-18-17-6-12-5-13(14(21)7-16(12)28(17)20(30)31-18)11-3-4-15(23-8-11)19-24-25-26-27(19)2/h3-5,7-8,17-18H,6,9H2,1-2H3,(H,22,29)/t17?,18-/m0/s1. The minimum Gasteiger partial charge on any atom is -0.442 e. The average molecular weight is 423 g/mol. The number of halogens is 1. The van der Waals surface area contributed by atoms with Crippen molar-refractivity contribution in [2.24, 2.45) is 7.05 Å². The van der Waals surface area contributed by atoms with Crippen molar-refractivity contribution >= 4 is 17.7 Å². The average Bonchev–Trinajstić information content (AvgIpc) is 3.41. The van der Waals surface area contributed by atoms with Gasteiger partial charge < -0.3 is 10.1 Å². The molecule has 1 unspecified atom stereocenters. The van der Waals surface area contributed by atoms with E-state index in [4.69, 9.17) is 4.74 Å². The molecule has 0 spiro atoms. The van der Waals surface area contributed by atoms with Crippen LogP contribution in [0, 0.1) is 5.82 Å². The number of amides is 2. The maximum absolute atomic E-state index is 15.0. The van der Waals surface area contributed by atoms with Crippen molar-refractivity contribution in [3.8, 4) is 22.6 Å². The fraction of sp³-hybridized carbons (Fsp3) is 0.300. The highest BCUT2D eigenvalue weighted by molar-refractivity contribution is 5.94. The first-order valence-corrected chi connectivity index (χ1v) is 9.68. The number of carbonyl (C=O) groups excluding carboxylic acids is 2. The van der Waals surface area contributed by atoms with Crippen molar-refractivity contribution in [3.63, 3.8) is 0 Å². The Morgan fingerprint density at radius 2 is 2.19 bits per heavy atom. The maximum Gasteiger partial charge on any atom is 0.415 e. The van der Waals surface area contributed by atoms with Crippen LogP contribution in [0.15, 0.2) is 30.5 Å². The van der Waals surface area contributed by atoms with Gasteiger partial charge in [-0.25, -0.2) is 13.9 Å². The third-order valence-corrected chi connectivity index (χ3v) is 5.54. The van der Waals surface area contributed by atoms with Crippen LogP contribution in [0.5, 0.6) is 0 Å². The van der Waals surface area contributed by atoms with Crippen molar-refractivity contribution < 1.29 is 18.7 Å². The Bertz CT molecular complexity index is 1190. The molecule has 1 N–H and O–H groups in total. The summed E-state index contributed by atoms with van der Waals surface area (Å²) >= 11 is 0. The molecule has 0 radical (unpaired) electrons. The molecule has 2 aliphatic rings. The summed E-state index contributed by atoms with van der Waals surface area (Å²) in [5.74, 6) is -0.163. The van der Waals surface area contributed by atoms with Crippen molar-refractivity contribution in [2.45, 2.75) is 25.5 Å². The zero-order valence-electron chi connectivity index (χ0n) is 16.7. The van der Waals surface area contributed by atoms with Crippen LogP contribution in [0.2, 0.25) is 0 Å². The normalized spacial score (nSPS) is 19.2. The Morgan fingerprint density at radius 1 is 1.35 bits per heavy atom. The van der Waals surface area contributed by atoms with E-state index >= 15 is 4.39 Å². The largest absolute Gasteiger partial charge is 0.442 e. The molecule has 0 saturated carbocycles. The summed E-state index contributed by atoms with van der Waals surface area (Å²) in [4.78, 5) is 29.4. The molecule has 31 heavy (non-hydrogen) atoms. The first-order valence-electron chi connectivity index (χ1n) is 9.68. The van der Waals surface area contributed by atoms with Crippen molar-refractivity contribution in [2.75, 3.05) is 11.4 Å². The van der Waals surface area contributed by atoms with Gasteiger partial charge in [-0.15, -0.1) is 5.10 Å². The Morgan fingerprint density at radius 3 is 2.87 bits per heavy atom. The number of ether oxygens (including phenoxy) is 1. The molecule has 2 atom stereocenters. The topological polar surface area (TPSA) is 115 Å². The molecule has 4 heterocycles. The summed E-state index contributed by atoms with van der Waals surface area (Å²) in [6.07, 6.45) is 1.05. The smallest absolute Gasteiger partial charge is 0.415 e. The van der Waals surface area contributed by atoms with Crippen LogP contribution in [0.1, 0.15) is 12.5 Å². The minimum atomic E-state index is -0.533. The third kappa shape index (κ3) is 3.18. The molecule has 5 rings (SSSR count). The predicted molar refractivity (Wildman–Crippen MR) is 106 cm³/mol. The van der Waals surface area contributed by atoms with Crippen molar-refractivity contribution in [3.05, 3.63) is 41.8 Å². The lowest BCUT2D eigenvalue weighted by Crippen LogP contribution is -2.40. The first kappa shape index (κ1) is 19.1. The van der Waals surface area contributed by atoms with Gasteiger partial charge in [-0.1, -0.05) is 6.07 Å². The van der Waals surface area contributed by atoms with Gasteiger partial charge in [0.25, 0.3) is 0 Å². The summed E-state index contributed by atoms with van der Waals surface area (Å²) in [7, 11) is 1.71. The number of cyclic esters (lactones) is 1. The number of carbonyl (C=O) groups is 2. The lowest BCUT2D eigenvalue weighted by Gasteiger charge is -2.16. The van der Waals surface area contributed by atoms with Gasteiger partial charge in [-0.2, -0.15) is 0 Å². The molecule has 1 aromatic carbocycles. The van der Waals surface area contributed by atoms with E-state index in [-0.39, 0.29) is 18.5 Å². The molecule has 1 fully saturated rings. The lowest BCUT2D eigenvalue weighted by atomic mass is 10.00. The number of hydrogen-bond acceptors (Lipinski definition) is 7. The van der Waals surface area contributed by atoms with E-state index in [2.05, 4.69) is 25.8 Å². The number of benzene rings is 1. The summed E-state index contributed by atoms with van der Waals surface area (Å²) in [6, 6.07) is 6.30. The van der Waals surface area contributed by atoms with Crippen LogP contribution in [-0.4, -0.2) is 55.9 Å². The molecule has 2 aromatic heterocycles. The minimum absolute atomic E-state index is 0.202. The Balaban J connectivity index is 1.44. The molecular formula is C20H18FN7O3. The number of pyridine rings is 1. The zero-order valence-corrected chi connectivity index (χ0v) is 16.7. The molecule has 1 saturated heterocycles. The Hall–Kier alpha value is -3.89. The van der Waals surface area contributed by atoms with Crippen LogP contribution in [0.4, 0.5) is 14.9 Å². The van der Waals surface area contributed by atoms with Gasteiger partial charge in [-0.05, 0) is 40.6 Å². The monoisotopic (exact) mass is 423 g/mol. The second-order valence-electron chi connectivity index (χ2n) is 7.52. The molecule has 10 nitrogen and oxygen atoms in total. The van der Waals surface area contributed by atoms with Crippen molar-refractivity contribution in [1.82, 2.24) is 30.5 Å². The molecule has 2 aliphatic heterocycles. The number of nitrogens with one attached hydrogen (secondary N) is 1. The summed E-state index contributed by atoms with van der Waals surface area (Å²) in [6.45, 7) is 1.62. The quantitative estimate of drug-likeness (QED) is 0.676. The van der Waals surface area contributed by atoms with E-state index in [1.807, 2.05) is 0 Å². The Labute approximate surface area is 176 Å². The Kier molecular flexibility index (Phi) is 4.38. The second-order valence-corrected chi connectivity index (χ2v) is 7.52. The summed E-state index contributed by atoms with van der Waals surface area (Å²) in [5.41, 5.74) is 2.90. The van der Waals surface area contributed by atoms with E-state index < -0.39 is 18.0 Å². The van der Waals surface area contributed by atoms with Gasteiger partial charge in [0.2, 0.25) is 5.91 Å². The third-order valence-electron chi connectivity index (χ3n) is 5.54. The SMILES string of the molecule is CC(=O)NC[C@@H]1OC(=O)N2c3cc(F)c(-c4ccc(-c5nnnn5C)nc4)cc3CC12. The van der Waals surface area contributed by atoms with Gasteiger partial charge in [0.15, 0.2) is 5.82 Å². The molecule has 3 aromatic rings. The number of aromatic nitrogens is 5. The van der Waals surface area contributed by atoms with Gasteiger partial charge in [0.1, 0.15) is 17.6 Å².